The van der Waals surface area contributed by atoms with E-state index in [1.165, 1.54) is 5.56 Å². The van der Waals surface area contributed by atoms with Gasteiger partial charge in [0, 0.05) is 25.0 Å². The van der Waals surface area contributed by atoms with Crippen LogP contribution in [0.15, 0.2) is 35.3 Å². The van der Waals surface area contributed by atoms with Gasteiger partial charge in [-0.05, 0) is 18.9 Å². The van der Waals surface area contributed by atoms with Crippen molar-refractivity contribution in [1.82, 2.24) is 15.4 Å². The van der Waals surface area contributed by atoms with Crippen LogP contribution >= 0.6 is 24.0 Å². The predicted molar refractivity (Wildman–Crippen MR) is 116 cm³/mol. The van der Waals surface area contributed by atoms with E-state index in [2.05, 4.69) is 46.3 Å². The number of nitrogens with one attached hydrogen (secondary N) is 3. The smallest absolute Gasteiger partial charge is 0.208 e. The van der Waals surface area contributed by atoms with Crippen LogP contribution in [0.25, 0.3) is 0 Å². The fourth-order valence-corrected chi connectivity index (χ4v) is 2.67. The van der Waals surface area contributed by atoms with Crippen molar-refractivity contribution in [2.45, 2.75) is 32.6 Å². The maximum atomic E-state index is 11.0. The number of hydrogen-bond donors (Lipinski definition) is 3. The van der Waals surface area contributed by atoms with E-state index in [1.54, 1.807) is 0 Å². The SMILES string of the molecule is CCNC(=NCC(C)(C)c1ccccc1)NCCCNS(C)(=O)=O.I. The van der Waals surface area contributed by atoms with E-state index in [-0.39, 0.29) is 29.4 Å². The molecular weight excluding hydrogens is 451 g/mol. The van der Waals surface area contributed by atoms with E-state index in [1.807, 2.05) is 25.1 Å². The Kier molecular flexibility index (Phi) is 11.3. The van der Waals surface area contributed by atoms with E-state index in [4.69, 9.17) is 0 Å². The van der Waals surface area contributed by atoms with Gasteiger partial charge in [0.15, 0.2) is 5.96 Å². The largest absolute Gasteiger partial charge is 0.357 e. The number of aliphatic imine (C=N–C) groups is 1. The molecule has 6 nitrogen and oxygen atoms in total. The molecule has 0 saturated carbocycles. The molecule has 0 heterocycles. The minimum absolute atomic E-state index is 0. The van der Waals surface area contributed by atoms with Gasteiger partial charge in [0.1, 0.15) is 0 Å². The maximum absolute atomic E-state index is 11.0. The molecule has 0 aliphatic rings. The summed E-state index contributed by atoms with van der Waals surface area (Å²) in [6.07, 6.45) is 1.86. The van der Waals surface area contributed by atoms with Gasteiger partial charge >= 0.3 is 0 Å². The molecule has 0 atom stereocenters. The topological polar surface area (TPSA) is 82.6 Å². The minimum Gasteiger partial charge on any atom is -0.357 e. The first-order valence-electron chi connectivity index (χ1n) is 8.27. The van der Waals surface area contributed by atoms with E-state index >= 15 is 0 Å². The quantitative estimate of drug-likeness (QED) is 0.218. The lowest BCUT2D eigenvalue weighted by Crippen LogP contribution is -2.39. The average Bonchev–Trinajstić information content (AvgIpc) is 2.52. The van der Waals surface area contributed by atoms with Crippen molar-refractivity contribution < 1.29 is 8.42 Å². The normalized spacial score (nSPS) is 12.4. The Morgan fingerprint density at radius 2 is 1.76 bits per heavy atom. The highest BCUT2D eigenvalue weighted by molar-refractivity contribution is 14.0. The summed E-state index contributed by atoms with van der Waals surface area (Å²) in [6.45, 7) is 8.87. The molecule has 144 valence electrons. The van der Waals surface area contributed by atoms with Crippen molar-refractivity contribution in [2.24, 2.45) is 4.99 Å². The lowest BCUT2D eigenvalue weighted by atomic mass is 9.85. The highest BCUT2D eigenvalue weighted by atomic mass is 127. The Labute approximate surface area is 169 Å². The number of benzene rings is 1. The summed E-state index contributed by atoms with van der Waals surface area (Å²) in [6, 6.07) is 10.3. The molecule has 0 amide bonds. The van der Waals surface area contributed by atoms with E-state index in [0.29, 0.717) is 26.1 Å². The highest BCUT2D eigenvalue weighted by Gasteiger charge is 2.19. The van der Waals surface area contributed by atoms with E-state index < -0.39 is 10.0 Å². The van der Waals surface area contributed by atoms with Gasteiger partial charge in [-0.15, -0.1) is 24.0 Å². The molecule has 3 N–H and O–H groups in total. The minimum atomic E-state index is -3.12. The molecular formula is C17H31IN4O2S. The third-order valence-electron chi connectivity index (χ3n) is 3.54. The van der Waals surface area contributed by atoms with Gasteiger partial charge in [-0.3, -0.25) is 4.99 Å². The van der Waals surface area contributed by atoms with Gasteiger partial charge < -0.3 is 10.6 Å². The molecule has 0 spiro atoms. The van der Waals surface area contributed by atoms with Crippen molar-refractivity contribution in [2.75, 3.05) is 32.4 Å². The van der Waals surface area contributed by atoms with Gasteiger partial charge in [0.25, 0.3) is 0 Å². The third-order valence-corrected chi connectivity index (χ3v) is 4.27. The zero-order valence-electron chi connectivity index (χ0n) is 15.5. The number of rotatable bonds is 9. The van der Waals surface area contributed by atoms with Crippen LogP contribution < -0.4 is 15.4 Å². The van der Waals surface area contributed by atoms with Gasteiger partial charge in [0.05, 0.1) is 12.8 Å². The highest BCUT2D eigenvalue weighted by Crippen LogP contribution is 2.22. The molecule has 8 heteroatoms. The second-order valence-electron chi connectivity index (χ2n) is 6.39. The second kappa shape index (κ2) is 11.7. The van der Waals surface area contributed by atoms with Crippen molar-refractivity contribution in [3.05, 3.63) is 35.9 Å². The fourth-order valence-electron chi connectivity index (χ4n) is 2.15. The number of guanidine groups is 1. The molecule has 0 aromatic heterocycles. The molecule has 1 aromatic carbocycles. The number of sulfonamides is 1. The Balaban J connectivity index is 0.00000576. The predicted octanol–water partition coefficient (Wildman–Crippen LogP) is 2.08. The molecule has 0 radical (unpaired) electrons. The van der Waals surface area contributed by atoms with Crippen LogP contribution in [0.5, 0.6) is 0 Å². The van der Waals surface area contributed by atoms with Gasteiger partial charge in [-0.2, -0.15) is 0 Å². The monoisotopic (exact) mass is 482 g/mol. The molecule has 0 aliphatic heterocycles. The van der Waals surface area contributed by atoms with Gasteiger partial charge in [0.2, 0.25) is 10.0 Å². The molecule has 0 saturated heterocycles. The number of hydrogen-bond acceptors (Lipinski definition) is 3. The van der Waals surface area contributed by atoms with Crippen molar-refractivity contribution in [1.29, 1.82) is 0 Å². The average molecular weight is 482 g/mol. The molecule has 0 fully saturated rings. The van der Waals surface area contributed by atoms with Crippen LogP contribution in [0.1, 0.15) is 32.8 Å². The summed E-state index contributed by atoms with van der Waals surface area (Å²) in [7, 11) is -3.12. The lowest BCUT2D eigenvalue weighted by molar-refractivity contribution is 0.537. The Bertz CT molecular complexity index is 619. The summed E-state index contributed by atoms with van der Waals surface area (Å²) in [5.41, 5.74) is 1.20. The molecule has 25 heavy (non-hydrogen) atoms. The van der Waals surface area contributed by atoms with Crippen LogP contribution in [0.4, 0.5) is 0 Å². The van der Waals surface area contributed by atoms with Crippen molar-refractivity contribution in [3.8, 4) is 0 Å². The lowest BCUT2D eigenvalue weighted by Gasteiger charge is -2.24. The van der Waals surface area contributed by atoms with Crippen LogP contribution in [0, 0.1) is 0 Å². The first kappa shape index (κ1) is 24.1. The van der Waals surface area contributed by atoms with Crippen molar-refractivity contribution in [3.63, 3.8) is 0 Å². The Morgan fingerprint density at radius 3 is 2.32 bits per heavy atom. The Morgan fingerprint density at radius 1 is 1.12 bits per heavy atom. The van der Waals surface area contributed by atoms with Crippen LogP contribution in [-0.4, -0.2) is 46.8 Å². The summed E-state index contributed by atoms with van der Waals surface area (Å²) >= 11 is 0. The number of halogens is 1. The van der Waals surface area contributed by atoms with Crippen molar-refractivity contribution >= 4 is 40.0 Å². The molecule has 0 unspecified atom stereocenters. The van der Waals surface area contributed by atoms with Gasteiger partial charge in [-0.1, -0.05) is 44.2 Å². The summed E-state index contributed by atoms with van der Waals surface area (Å²) < 4.78 is 24.5. The molecule has 0 bridgehead atoms. The number of nitrogens with zero attached hydrogens (tertiary/aromatic N) is 1. The fraction of sp³-hybridized carbons (Fsp3) is 0.588. The van der Waals surface area contributed by atoms with Gasteiger partial charge in [-0.25, -0.2) is 13.1 Å². The first-order valence-corrected chi connectivity index (χ1v) is 10.2. The zero-order valence-corrected chi connectivity index (χ0v) is 18.6. The second-order valence-corrected chi connectivity index (χ2v) is 8.22. The van der Waals surface area contributed by atoms with E-state index in [0.717, 1.165) is 18.8 Å². The zero-order chi connectivity index (χ0) is 18.1. The first-order chi connectivity index (χ1) is 11.2. The summed E-state index contributed by atoms with van der Waals surface area (Å²) in [4.78, 5) is 4.66. The van der Waals surface area contributed by atoms with Crippen LogP contribution in [-0.2, 0) is 15.4 Å². The van der Waals surface area contributed by atoms with Crippen LogP contribution in [0.3, 0.4) is 0 Å². The molecule has 0 aliphatic carbocycles. The molecule has 1 rings (SSSR count). The summed E-state index contributed by atoms with van der Waals surface area (Å²) in [5, 5.41) is 6.45. The standard InChI is InChI=1S/C17H30N4O2S.HI/c1-5-18-16(19-12-9-13-21-24(4,22)23)20-14-17(2,3)15-10-7-6-8-11-15;/h6-8,10-11,21H,5,9,12-14H2,1-4H3,(H2,18,19,20);1H. The van der Waals surface area contributed by atoms with Crippen LogP contribution in [0.2, 0.25) is 0 Å². The molecule has 1 aromatic rings. The third kappa shape index (κ3) is 10.7. The Hall–Kier alpha value is -0.870. The summed E-state index contributed by atoms with van der Waals surface area (Å²) in [5.74, 6) is 0.751. The van der Waals surface area contributed by atoms with E-state index in [9.17, 15) is 8.42 Å². The maximum Gasteiger partial charge on any atom is 0.208 e.